The van der Waals surface area contributed by atoms with E-state index in [1.54, 1.807) is 0 Å². The minimum absolute atomic E-state index is 0. The quantitative estimate of drug-likeness (QED) is 0.0716. The van der Waals surface area contributed by atoms with Crippen molar-refractivity contribution in [1.29, 1.82) is 0 Å². The number of aliphatic hydroxyl groups excluding tert-OH is 2. The van der Waals surface area contributed by atoms with E-state index in [1.807, 2.05) is 0 Å². The van der Waals surface area contributed by atoms with Crippen LogP contribution in [0, 0.1) is 0 Å². The number of allylic oxidation sites excluding steroid dienone is 2. The van der Waals surface area contributed by atoms with Crippen LogP contribution in [0.15, 0.2) is 12.2 Å². The van der Waals surface area contributed by atoms with Crippen molar-refractivity contribution in [1.82, 2.24) is 0 Å². The van der Waals surface area contributed by atoms with Gasteiger partial charge in [-0.3, -0.25) is 4.79 Å². The zero-order chi connectivity index (χ0) is 22.2. The smallest absolute Gasteiger partial charge is 0.598 e. The fourth-order valence-electron chi connectivity index (χ4n) is 2.65. The summed E-state index contributed by atoms with van der Waals surface area (Å²) in [6.45, 7) is 1.77. The molecular formula is C21H40Na2O7P+. The number of unbranched alkanes of at least 4 members (excludes halogenated alkanes) is 11. The van der Waals surface area contributed by atoms with E-state index >= 15 is 0 Å². The van der Waals surface area contributed by atoms with Gasteiger partial charge in [0.15, 0.2) is 0 Å². The number of carbonyl (C=O) groups is 1. The van der Waals surface area contributed by atoms with E-state index < -0.39 is 14.4 Å². The molecule has 0 heterocycles. The molecule has 0 bridgehead atoms. The molecule has 2 N–H and O–H groups in total. The summed E-state index contributed by atoms with van der Waals surface area (Å²) in [5, 5.41) is 17.7. The topological polar surface area (TPSA) is 130 Å². The van der Waals surface area contributed by atoms with Gasteiger partial charge in [-0.25, -0.2) is 0 Å². The van der Waals surface area contributed by atoms with Gasteiger partial charge in [-0.05, 0) is 32.1 Å². The van der Waals surface area contributed by atoms with Gasteiger partial charge in [0.1, 0.15) is 12.7 Å². The zero-order valence-corrected chi connectivity index (χ0v) is 24.8. The Morgan fingerprint density at radius 2 is 1.32 bits per heavy atom. The van der Waals surface area contributed by atoms with E-state index in [4.69, 9.17) is 29.3 Å². The Balaban J connectivity index is -0.000000555. The van der Waals surface area contributed by atoms with Crippen LogP contribution in [0.5, 0.6) is 0 Å². The average molecular weight is 481 g/mol. The summed E-state index contributed by atoms with van der Waals surface area (Å²) in [6, 6.07) is 0. The molecule has 0 spiro atoms. The van der Waals surface area contributed by atoms with Gasteiger partial charge in [0.2, 0.25) is 0 Å². The maximum atomic E-state index is 11.4. The summed E-state index contributed by atoms with van der Waals surface area (Å²) in [5.74, 6) is -0.287. The summed E-state index contributed by atoms with van der Waals surface area (Å²) in [5.41, 5.74) is 0. The Morgan fingerprint density at radius 1 is 0.903 bits per heavy atom. The van der Waals surface area contributed by atoms with E-state index in [1.165, 1.54) is 57.8 Å². The molecular weight excluding hydrogens is 441 g/mol. The van der Waals surface area contributed by atoms with Crippen LogP contribution in [0.2, 0.25) is 0 Å². The van der Waals surface area contributed by atoms with Crippen LogP contribution >= 0.6 is 8.25 Å². The van der Waals surface area contributed by atoms with E-state index in [0.29, 0.717) is 6.42 Å². The third-order valence-electron chi connectivity index (χ3n) is 4.29. The van der Waals surface area contributed by atoms with E-state index in [0.717, 1.165) is 25.7 Å². The van der Waals surface area contributed by atoms with Gasteiger partial charge in [-0.1, -0.05) is 75.0 Å². The molecule has 1 atom stereocenters. The van der Waals surface area contributed by atoms with Crippen LogP contribution in [0.25, 0.3) is 0 Å². The van der Waals surface area contributed by atoms with Crippen molar-refractivity contribution >= 4 is 14.2 Å². The van der Waals surface area contributed by atoms with Crippen molar-refractivity contribution in [3.05, 3.63) is 12.2 Å². The Morgan fingerprint density at radius 3 is 1.77 bits per heavy atom. The van der Waals surface area contributed by atoms with Gasteiger partial charge < -0.3 is 24.7 Å². The fraction of sp³-hybridized carbons (Fsp3) is 0.857. The maximum Gasteiger partial charge on any atom is 1.00 e. The van der Waals surface area contributed by atoms with Crippen molar-refractivity contribution in [2.45, 2.75) is 103 Å². The standard InChI is InChI=1S/C21H40O4.2Na.HO3P/c1-2-3-4-5-6-7-8-9-10-11-12-13-14-15-16-17-21(24)25-19-20(23)18-22;;;1-4(2)3/h9-10,20,22-23H,2-8,11-19H2,1H3;;;(H,1,2,3)/q;2*+1;/p-1. The Labute approximate surface area is 234 Å². The second-order valence-corrected chi connectivity index (χ2v) is 7.52. The van der Waals surface area contributed by atoms with Crippen molar-refractivity contribution in [2.75, 3.05) is 13.2 Å². The van der Waals surface area contributed by atoms with Crippen molar-refractivity contribution in [3.8, 4) is 0 Å². The second-order valence-electron chi connectivity index (χ2n) is 7.08. The largest absolute Gasteiger partial charge is 1.00 e. The van der Waals surface area contributed by atoms with Gasteiger partial charge in [-0.2, -0.15) is 0 Å². The molecule has 0 radical (unpaired) electrons. The molecule has 0 fully saturated rings. The minimum atomic E-state index is -3.37. The molecule has 0 aromatic carbocycles. The van der Waals surface area contributed by atoms with Crippen LogP contribution in [-0.2, 0) is 14.1 Å². The molecule has 0 saturated heterocycles. The molecule has 10 heteroatoms. The fourth-order valence-corrected chi connectivity index (χ4v) is 2.65. The third-order valence-corrected chi connectivity index (χ3v) is 4.29. The SMILES string of the molecule is CCCCCCCCC=CCCCCCCCC(=O)OCC(O)CO.O=[P+]([O-])[O-].[Na+].[Na+]. The molecule has 0 amide bonds. The second kappa shape index (κ2) is 33.3. The van der Waals surface area contributed by atoms with Gasteiger partial charge in [0.05, 0.1) is 6.61 Å². The molecule has 7 nitrogen and oxygen atoms in total. The Kier molecular flexibility index (Phi) is 42.3. The molecule has 0 aromatic rings. The monoisotopic (exact) mass is 481 g/mol. The summed E-state index contributed by atoms with van der Waals surface area (Å²) >= 11 is 0. The molecule has 31 heavy (non-hydrogen) atoms. The molecule has 0 aromatic heterocycles. The molecule has 0 rings (SSSR count). The molecule has 0 aliphatic rings. The normalized spacial score (nSPS) is 11.0. The molecule has 0 aliphatic carbocycles. The van der Waals surface area contributed by atoms with E-state index in [9.17, 15) is 4.79 Å². The first-order chi connectivity index (χ1) is 13.9. The summed E-state index contributed by atoms with van der Waals surface area (Å²) in [4.78, 5) is 28.3. The third kappa shape index (κ3) is 41.8. The first-order valence-electron chi connectivity index (χ1n) is 10.8. The predicted molar refractivity (Wildman–Crippen MR) is 111 cm³/mol. The first-order valence-corrected chi connectivity index (χ1v) is 11.9. The van der Waals surface area contributed by atoms with Gasteiger partial charge in [0, 0.05) is 6.42 Å². The van der Waals surface area contributed by atoms with Crippen LogP contribution < -0.4 is 68.9 Å². The van der Waals surface area contributed by atoms with Crippen LogP contribution in [0.4, 0.5) is 0 Å². The summed E-state index contributed by atoms with van der Waals surface area (Å²) < 4.78 is 13.3. The number of ether oxygens (including phenoxy) is 1. The summed E-state index contributed by atoms with van der Waals surface area (Å²) in [7, 11) is -3.37. The first kappa shape index (κ1) is 39.4. The number of esters is 1. The van der Waals surface area contributed by atoms with Gasteiger partial charge in [-0.15, -0.1) is 0 Å². The summed E-state index contributed by atoms with van der Waals surface area (Å²) in [6.07, 6.45) is 20.1. The number of hydrogen-bond acceptors (Lipinski definition) is 7. The average Bonchev–Trinajstić information content (AvgIpc) is 2.68. The van der Waals surface area contributed by atoms with Crippen molar-refractivity contribution < 1.29 is 93.2 Å². The van der Waals surface area contributed by atoms with Gasteiger partial charge in [0.25, 0.3) is 8.25 Å². The van der Waals surface area contributed by atoms with Crippen LogP contribution in [0.3, 0.4) is 0 Å². The van der Waals surface area contributed by atoms with Crippen LogP contribution in [0.1, 0.15) is 96.8 Å². The Hall–Kier alpha value is 1.15. The molecule has 0 saturated carbocycles. The minimum Gasteiger partial charge on any atom is -0.598 e. The number of aliphatic hydroxyl groups is 2. The molecule has 0 aliphatic heterocycles. The predicted octanol–water partition coefficient (Wildman–Crippen LogP) is -2.71. The van der Waals surface area contributed by atoms with Crippen molar-refractivity contribution in [2.24, 2.45) is 0 Å². The number of hydrogen-bond donors (Lipinski definition) is 2. The zero-order valence-electron chi connectivity index (χ0n) is 19.9. The number of rotatable bonds is 18. The number of carbonyl (C=O) groups excluding carboxylic acids is 1. The molecule has 172 valence electrons. The van der Waals surface area contributed by atoms with E-state index in [2.05, 4.69) is 19.1 Å². The van der Waals surface area contributed by atoms with Crippen LogP contribution in [-0.4, -0.2) is 35.5 Å². The van der Waals surface area contributed by atoms with E-state index in [-0.39, 0.29) is 78.3 Å². The molecule has 1 unspecified atom stereocenters. The van der Waals surface area contributed by atoms with Crippen molar-refractivity contribution in [3.63, 3.8) is 0 Å². The Bertz CT molecular complexity index is 409. The maximum absolute atomic E-state index is 11.4. The van der Waals surface area contributed by atoms with Gasteiger partial charge >= 0.3 is 65.1 Å².